The number of aromatic nitrogens is 3. The number of anilines is 3. The quantitative estimate of drug-likeness (QED) is 0.307. The molecule has 3 heterocycles. The third-order valence-corrected chi connectivity index (χ3v) is 8.15. The van der Waals surface area contributed by atoms with Crippen LogP contribution < -0.4 is 15.1 Å². The van der Waals surface area contributed by atoms with Gasteiger partial charge < -0.3 is 15.1 Å². The molecule has 2 aliphatic rings. The molecule has 5 aromatic rings. The van der Waals surface area contributed by atoms with E-state index in [0.717, 1.165) is 78.2 Å². The van der Waals surface area contributed by atoms with Gasteiger partial charge in [-0.2, -0.15) is 0 Å². The molecule has 0 atom stereocenters. The van der Waals surface area contributed by atoms with Crippen LogP contribution in [0.3, 0.4) is 0 Å². The van der Waals surface area contributed by atoms with Crippen LogP contribution in [0.5, 0.6) is 0 Å². The van der Waals surface area contributed by atoms with Crippen molar-refractivity contribution >= 4 is 34.1 Å². The van der Waals surface area contributed by atoms with Gasteiger partial charge in [-0.05, 0) is 65.9 Å². The summed E-state index contributed by atoms with van der Waals surface area (Å²) in [6.07, 6.45) is 7.34. The Morgan fingerprint density at radius 1 is 0.750 bits per heavy atom. The highest BCUT2D eigenvalue weighted by atomic mass is 16.2. The Morgan fingerprint density at radius 2 is 1.45 bits per heavy atom. The summed E-state index contributed by atoms with van der Waals surface area (Å²) >= 11 is 0. The summed E-state index contributed by atoms with van der Waals surface area (Å²) in [4.78, 5) is 31.6. The Bertz CT molecular complexity index is 1640. The maximum absolute atomic E-state index is 13.1. The van der Waals surface area contributed by atoms with Gasteiger partial charge in [0.05, 0.1) is 22.6 Å². The molecule has 1 saturated carbocycles. The summed E-state index contributed by atoms with van der Waals surface area (Å²) in [5.41, 5.74) is 6.62. The summed E-state index contributed by atoms with van der Waals surface area (Å²) in [5.74, 6) is 0.978. The predicted molar refractivity (Wildman–Crippen MR) is 160 cm³/mol. The van der Waals surface area contributed by atoms with Crippen LogP contribution in [0.15, 0.2) is 104 Å². The van der Waals surface area contributed by atoms with E-state index in [1.165, 1.54) is 5.69 Å². The topological polar surface area (TPSA) is 74.2 Å². The van der Waals surface area contributed by atoms with Gasteiger partial charge >= 0.3 is 0 Å². The first-order chi connectivity index (χ1) is 19.7. The van der Waals surface area contributed by atoms with Crippen molar-refractivity contribution < 1.29 is 4.79 Å². The molecule has 40 heavy (non-hydrogen) atoms. The van der Waals surface area contributed by atoms with Gasteiger partial charge in [0.2, 0.25) is 5.91 Å². The van der Waals surface area contributed by atoms with Crippen molar-refractivity contribution in [1.82, 2.24) is 15.0 Å². The first-order valence-corrected chi connectivity index (χ1v) is 13.8. The van der Waals surface area contributed by atoms with E-state index < -0.39 is 0 Å². The van der Waals surface area contributed by atoms with Crippen molar-refractivity contribution in [2.45, 2.75) is 18.3 Å². The average molecular weight is 527 g/mol. The van der Waals surface area contributed by atoms with Gasteiger partial charge in [0.15, 0.2) is 0 Å². The molecule has 1 N–H and O–H groups in total. The van der Waals surface area contributed by atoms with Crippen molar-refractivity contribution in [3.8, 4) is 11.1 Å². The van der Waals surface area contributed by atoms with Crippen LogP contribution in [0.2, 0.25) is 0 Å². The molecule has 0 bridgehead atoms. The van der Waals surface area contributed by atoms with Gasteiger partial charge in [-0.1, -0.05) is 48.5 Å². The summed E-state index contributed by atoms with van der Waals surface area (Å²) in [5, 5.41) is 3.14. The largest absolute Gasteiger partial charge is 0.368 e. The number of benzene rings is 3. The van der Waals surface area contributed by atoms with Crippen LogP contribution in [0, 0.1) is 0 Å². The van der Waals surface area contributed by atoms with Crippen molar-refractivity contribution in [2.24, 2.45) is 0 Å². The molecule has 2 fully saturated rings. The molecular formula is C33H30N6O. The molecule has 7 rings (SSSR count). The van der Waals surface area contributed by atoms with Gasteiger partial charge in [-0.3, -0.25) is 14.8 Å². The molecule has 0 unspecified atom stereocenters. The van der Waals surface area contributed by atoms with E-state index in [4.69, 9.17) is 9.97 Å². The standard InChI is InChI=1S/C33H30N6O/c40-32(33(14-15-33)26-4-2-1-3-5-26)36-27-9-6-24(7-10-27)25-8-11-29-30(22-25)37-31(23-35-29)39-20-18-38(19-21-39)28-12-16-34-17-13-28/h1-13,16-17,22-23H,14-15,18-21H2,(H,36,40). The fourth-order valence-electron chi connectivity index (χ4n) is 5.61. The number of nitrogens with zero attached hydrogens (tertiary/aromatic N) is 5. The van der Waals surface area contributed by atoms with Crippen molar-refractivity contribution in [1.29, 1.82) is 0 Å². The van der Waals surface area contributed by atoms with Crippen molar-refractivity contribution in [2.75, 3.05) is 41.3 Å². The van der Waals surface area contributed by atoms with Gasteiger partial charge in [0.1, 0.15) is 5.82 Å². The Balaban J connectivity index is 1.05. The molecule has 0 radical (unpaired) electrons. The molecule has 7 nitrogen and oxygen atoms in total. The number of hydrogen-bond acceptors (Lipinski definition) is 6. The van der Waals surface area contributed by atoms with Crippen molar-refractivity contribution in [3.05, 3.63) is 109 Å². The Hall–Kier alpha value is -4.78. The molecule has 3 aromatic carbocycles. The minimum atomic E-state index is -0.389. The number of carbonyl (C=O) groups excluding carboxylic acids is 1. The zero-order valence-electron chi connectivity index (χ0n) is 22.2. The monoisotopic (exact) mass is 526 g/mol. The van der Waals surface area contributed by atoms with E-state index in [1.54, 1.807) is 0 Å². The molecular weight excluding hydrogens is 496 g/mol. The van der Waals surface area contributed by atoms with E-state index in [1.807, 2.05) is 67.1 Å². The molecule has 1 aliphatic carbocycles. The highest BCUT2D eigenvalue weighted by Gasteiger charge is 2.51. The normalized spacial score (nSPS) is 16.1. The van der Waals surface area contributed by atoms with Crippen LogP contribution in [-0.2, 0) is 10.2 Å². The minimum absolute atomic E-state index is 0.0709. The Kier molecular flexibility index (Phi) is 6.11. The number of hydrogen-bond donors (Lipinski definition) is 1. The van der Waals surface area contributed by atoms with Crippen LogP contribution in [-0.4, -0.2) is 47.0 Å². The van der Waals surface area contributed by atoms with Gasteiger partial charge in [-0.25, -0.2) is 4.98 Å². The van der Waals surface area contributed by atoms with Gasteiger partial charge in [0.25, 0.3) is 0 Å². The van der Waals surface area contributed by atoms with Gasteiger partial charge in [-0.15, -0.1) is 0 Å². The lowest BCUT2D eigenvalue weighted by Gasteiger charge is -2.36. The van der Waals surface area contributed by atoms with Crippen LogP contribution in [0.4, 0.5) is 17.2 Å². The first-order valence-electron chi connectivity index (χ1n) is 13.8. The van der Waals surface area contributed by atoms with Crippen molar-refractivity contribution in [3.63, 3.8) is 0 Å². The second kappa shape index (κ2) is 10.1. The highest BCUT2D eigenvalue weighted by molar-refractivity contribution is 6.01. The van der Waals surface area contributed by atoms with Gasteiger partial charge in [0, 0.05) is 49.9 Å². The molecule has 1 aliphatic heterocycles. The summed E-state index contributed by atoms with van der Waals surface area (Å²) in [6.45, 7) is 3.64. The second-order valence-corrected chi connectivity index (χ2v) is 10.6. The molecule has 7 heteroatoms. The molecule has 1 amide bonds. The van der Waals surface area contributed by atoms with E-state index >= 15 is 0 Å². The number of fused-ring (bicyclic) bond motifs is 1. The third kappa shape index (κ3) is 4.64. The maximum Gasteiger partial charge on any atom is 0.235 e. The smallest absolute Gasteiger partial charge is 0.235 e. The predicted octanol–water partition coefficient (Wildman–Crippen LogP) is 5.69. The van der Waals surface area contributed by atoms with E-state index in [2.05, 4.69) is 56.5 Å². The number of rotatable bonds is 6. The summed E-state index contributed by atoms with van der Waals surface area (Å²) in [7, 11) is 0. The molecule has 0 spiro atoms. The lowest BCUT2D eigenvalue weighted by atomic mass is 9.95. The lowest BCUT2D eigenvalue weighted by molar-refractivity contribution is -0.118. The molecule has 198 valence electrons. The number of nitrogens with one attached hydrogen (secondary N) is 1. The third-order valence-electron chi connectivity index (χ3n) is 8.15. The summed E-state index contributed by atoms with van der Waals surface area (Å²) in [6, 6.07) is 28.4. The van der Waals surface area contributed by atoms with E-state index in [9.17, 15) is 4.79 Å². The number of amides is 1. The average Bonchev–Trinajstić information content (AvgIpc) is 3.84. The van der Waals surface area contributed by atoms with Crippen LogP contribution in [0.1, 0.15) is 18.4 Å². The fourth-order valence-corrected chi connectivity index (χ4v) is 5.61. The van der Waals surface area contributed by atoms with E-state index in [-0.39, 0.29) is 11.3 Å². The van der Waals surface area contributed by atoms with E-state index in [0.29, 0.717) is 0 Å². The van der Waals surface area contributed by atoms with Crippen LogP contribution >= 0.6 is 0 Å². The highest BCUT2D eigenvalue weighted by Crippen LogP contribution is 2.49. The number of piperazine rings is 1. The fraction of sp³-hybridized carbons (Fsp3) is 0.212. The Labute approximate surface area is 233 Å². The molecule has 2 aromatic heterocycles. The zero-order chi connectivity index (χ0) is 26.9. The first kappa shape index (κ1) is 24.3. The maximum atomic E-state index is 13.1. The lowest BCUT2D eigenvalue weighted by Crippen LogP contribution is -2.46. The Morgan fingerprint density at radius 3 is 2.17 bits per heavy atom. The number of carbonyl (C=O) groups is 1. The SMILES string of the molecule is O=C(Nc1ccc(-c2ccc3ncc(N4CCN(c5ccncc5)CC4)nc3c2)cc1)C1(c2ccccc2)CC1. The minimum Gasteiger partial charge on any atom is -0.368 e. The summed E-state index contributed by atoms with van der Waals surface area (Å²) < 4.78 is 0. The molecule has 1 saturated heterocycles. The number of pyridine rings is 1. The second-order valence-electron chi connectivity index (χ2n) is 10.6. The zero-order valence-corrected chi connectivity index (χ0v) is 22.2. The van der Waals surface area contributed by atoms with Crippen LogP contribution in [0.25, 0.3) is 22.2 Å².